The minimum Gasteiger partial charge on any atom is -0.457 e. The summed E-state index contributed by atoms with van der Waals surface area (Å²) in [5.41, 5.74) is 0. The minimum absolute atomic E-state index is 0.0435. The van der Waals surface area contributed by atoms with Crippen LogP contribution in [0.3, 0.4) is 0 Å². The van der Waals surface area contributed by atoms with Crippen LogP contribution in [0.5, 0.6) is 0 Å². The van der Waals surface area contributed by atoms with E-state index in [1.54, 1.807) is 0 Å². The molecule has 0 amide bonds. The summed E-state index contributed by atoms with van der Waals surface area (Å²) in [4.78, 5) is 22.5. The molecule has 3 N–H and O–H groups in total. The predicted molar refractivity (Wildman–Crippen MR) is 224 cm³/mol. The maximum absolute atomic E-state index is 12.6. The third-order valence-electron chi connectivity index (χ3n) is 9.28. The van der Waals surface area contributed by atoms with E-state index in [9.17, 15) is 19.4 Å². The molecular weight excluding hydrogens is 703 g/mol. The van der Waals surface area contributed by atoms with Gasteiger partial charge in [0.05, 0.1) is 26.4 Å². The van der Waals surface area contributed by atoms with Crippen molar-refractivity contribution < 1.29 is 43.0 Å². The van der Waals surface area contributed by atoms with E-state index in [0.29, 0.717) is 13.0 Å². The highest BCUT2D eigenvalue weighted by molar-refractivity contribution is 7.47. The van der Waals surface area contributed by atoms with Gasteiger partial charge in [0.25, 0.3) is 0 Å². The normalized spacial score (nSPS) is 14.4. The van der Waals surface area contributed by atoms with Gasteiger partial charge in [-0.3, -0.25) is 13.8 Å². The van der Waals surface area contributed by atoms with Crippen molar-refractivity contribution in [2.45, 2.75) is 206 Å². The zero-order chi connectivity index (χ0) is 39.6. The summed E-state index contributed by atoms with van der Waals surface area (Å²) in [5, 5.41) is 18.3. The number of phosphoric acid groups is 1. The summed E-state index contributed by atoms with van der Waals surface area (Å²) < 4.78 is 33.3. The fraction of sp³-hybridized carbons (Fsp3) is 0.841. The Morgan fingerprint density at radius 3 is 1.57 bits per heavy atom. The fourth-order valence-electron chi connectivity index (χ4n) is 5.92. The zero-order valence-electron chi connectivity index (χ0n) is 34.7. The monoisotopic (exact) mass is 787 g/mol. The van der Waals surface area contributed by atoms with Gasteiger partial charge in [0.15, 0.2) is 0 Å². The largest absolute Gasteiger partial charge is 0.472 e. The summed E-state index contributed by atoms with van der Waals surface area (Å²) in [6.07, 6.45) is 43.9. The van der Waals surface area contributed by atoms with E-state index in [-0.39, 0.29) is 19.6 Å². The second-order valence-electron chi connectivity index (χ2n) is 14.7. The van der Waals surface area contributed by atoms with Crippen LogP contribution in [-0.2, 0) is 27.9 Å². The lowest BCUT2D eigenvalue weighted by atomic mass is 10.1. The van der Waals surface area contributed by atoms with Crippen molar-refractivity contribution in [3.8, 4) is 0 Å². The summed E-state index contributed by atoms with van der Waals surface area (Å²) >= 11 is 0. The van der Waals surface area contributed by atoms with Gasteiger partial charge in [-0.05, 0) is 64.2 Å². The molecule has 54 heavy (non-hydrogen) atoms. The molecule has 3 unspecified atom stereocenters. The number of carbonyl (C=O) groups excluding carboxylic acids is 1. The molecule has 0 fully saturated rings. The SMILES string of the molecule is CCC/C=C\C/C=C\CCCCCCCC(=O)OC(COCCCCCCCCCCCC/C=C\CCCCCCCC)COP(=O)(O)OCC(O)CO. The van der Waals surface area contributed by atoms with Crippen LogP contribution in [0.2, 0.25) is 0 Å². The number of hydrogen-bond acceptors (Lipinski definition) is 8. The Morgan fingerprint density at radius 2 is 1.04 bits per heavy atom. The van der Waals surface area contributed by atoms with E-state index in [4.69, 9.17) is 23.6 Å². The van der Waals surface area contributed by atoms with E-state index in [0.717, 1.165) is 64.2 Å². The van der Waals surface area contributed by atoms with Crippen LogP contribution in [0.1, 0.15) is 194 Å². The molecule has 0 aromatic rings. The van der Waals surface area contributed by atoms with Gasteiger partial charge in [0.1, 0.15) is 12.2 Å². The first-order valence-corrected chi connectivity index (χ1v) is 23.5. The molecule has 3 atom stereocenters. The number of aliphatic hydroxyl groups is 2. The van der Waals surface area contributed by atoms with Gasteiger partial charge in [0, 0.05) is 13.0 Å². The smallest absolute Gasteiger partial charge is 0.457 e. The van der Waals surface area contributed by atoms with E-state index in [2.05, 4.69) is 50.3 Å². The fourth-order valence-corrected chi connectivity index (χ4v) is 6.71. The highest BCUT2D eigenvalue weighted by Gasteiger charge is 2.26. The molecule has 0 aliphatic rings. The Kier molecular flexibility index (Phi) is 40.3. The zero-order valence-corrected chi connectivity index (χ0v) is 35.6. The van der Waals surface area contributed by atoms with Gasteiger partial charge in [0.2, 0.25) is 0 Å². The highest BCUT2D eigenvalue weighted by atomic mass is 31.2. The van der Waals surface area contributed by atoms with Gasteiger partial charge >= 0.3 is 13.8 Å². The van der Waals surface area contributed by atoms with Crippen LogP contribution in [0.4, 0.5) is 0 Å². The van der Waals surface area contributed by atoms with Crippen molar-refractivity contribution in [1.29, 1.82) is 0 Å². The summed E-state index contributed by atoms with van der Waals surface area (Å²) in [7, 11) is -4.52. The molecule has 0 radical (unpaired) electrons. The molecule has 0 rings (SSSR count). The standard InChI is InChI=1S/C44H83O9P/c1-3-5-7-9-11-13-15-17-18-19-20-21-22-23-25-27-29-31-33-35-37-50-40-43(41-52-54(48,49)51-39-42(46)38-45)53-44(47)36-34-32-30-28-26-24-16-14-12-10-8-6-4-2/h8,10,14,16-18,42-43,45-46H,3-7,9,11-13,15,19-41H2,1-2H3,(H,48,49)/b10-8-,16-14-,18-17-. The van der Waals surface area contributed by atoms with Gasteiger partial charge in [-0.2, -0.15) is 0 Å². The van der Waals surface area contributed by atoms with Gasteiger partial charge in [-0.15, -0.1) is 0 Å². The number of unbranched alkanes of at least 4 members (excludes halogenated alkanes) is 22. The molecule has 0 bridgehead atoms. The highest BCUT2D eigenvalue weighted by Crippen LogP contribution is 2.43. The molecule has 0 aliphatic carbocycles. The number of allylic oxidation sites excluding steroid dienone is 6. The first-order chi connectivity index (χ1) is 26.3. The van der Waals surface area contributed by atoms with Crippen LogP contribution >= 0.6 is 7.82 Å². The third kappa shape index (κ3) is 40.3. The topological polar surface area (TPSA) is 132 Å². The van der Waals surface area contributed by atoms with Crippen molar-refractivity contribution in [3.05, 3.63) is 36.5 Å². The number of ether oxygens (including phenoxy) is 2. The Balaban J connectivity index is 4.12. The Bertz CT molecular complexity index is 939. The first-order valence-electron chi connectivity index (χ1n) is 22.0. The summed E-state index contributed by atoms with van der Waals surface area (Å²) in [6.45, 7) is 3.44. The molecular formula is C44H83O9P. The van der Waals surface area contributed by atoms with Crippen LogP contribution in [0.25, 0.3) is 0 Å². The predicted octanol–water partition coefficient (Wildman–Crippen LogP) is 12.0. The first kappa shape index (κ1) is 52.7. The molecule has 0 saturated carbocycles. The number of rotatable bonds is 42. The van der Waals surface area contributed by atoms with Gasteiger partial charge < -0.3 is 24.6 Å². The summed E-state index contributed by atoms with van der Waals surface area (Å²) in [6, 6.07) is 0. The number of esters is 1. The quantitative estimate of drug-likeness (QED) is 0.0239. The molecule has 10 heteroatoms. The lowest BCUT2D eigenvalue weighted by Crippen LogP contribution is -2.29. The molecule has 9 nitrogen and oxygen atoms in total. The second kappa shape index (κ2) is 41.3. The van der Waals surface area contributed by atoms with E-state index in [1.807, 2.05) is 0 Å². The number of hydrogen-bond donors (Lipinski definition) is 3. The van der Waals surface area contributed by atoms with E-state index < -0.39 is 39.2 Å². The average Bonchev–Trinajstić information content (AvgIpc) is 3.16. The van der Waals surface area contributed by atoms with Crippen LogP contribution < -0.4 is 0 Å². The molecule has 0 spiro atoms. The number of phosphoric ester groups is 1. The lowest BCUT2D eigenvalue weighted by Gasteiger charge is -2.20. The van der Waals surface area contributed by atoms with Crippen LogP contribution in [0.15, 0.2) is 36.5 Å². The van der Waals surface area contributed by atoms with Crippen molar-refractivity contribution in [1.82, 2.24) is 0 Å². The molecule has 0 saturated heterocycles. The Morgan fingerprint density at radius 1 is 0.574 bits per heavy atom. The van der Waals surface area contributed by atoms with Crippen LogP contribution in [0, 0.1) is 0 Å². The molecule has 0 heterocycles. The molecule has 0 aromatic heterocycles. The Labute approximate surface area is 331 Å². The lowest BCUT2D eigenvalue weighted by molar-refractivity contribution is -0.154. The third-order valence-corrected chi connectivity index (χ3v) is 10.2. The van der Waals surface area contributed by atoms with E-state index >= 15 is 0 Å². The number of carbonyl (C=O) groups is 1. The van der Waals surface area contributed by atoms with Gasteiger partial charge in [-0.25, -0.2) is 4.57 Å². The molecule has 318 valence electrons. The van der Waals surface area contributed by atoms with Crippen molar-refractivity contribution in [3.63, 3.8) is 0 Å². The number of aliphatic hydroxyl groups excluding tert-OH is 2. The van der Waals surface area contributed by atoms with Crippen LogP contribution in [-0.4, -0.2) is 66.3 Å². The van der Waals surface area contributed by atoms with Gasteiger partial charge in [-0.1, -0.05) is 159 Å². The summed E-state index contributed by atoms with van der Waals surface area (Å²) in [5.74, 6) is -0.397. The van der Waals surface area contributed by atoms with E-state index in [1.165, 1.54) is 103 Å². The average molecular weight is 787 g/mol. The minimum atomic E-state index is -4.52. The molecule has 0 aromatic carbocycles. The van der Waals surface area contributed by atoms with Crippen molar-refractivity contribution in [2.24, 2.45) is 0 Å². The maximum Gasteiger partial charge on any atom is 0.472 e. The molecule has 0 aliphatic heterocycles. The maximum atomic E-state index is 12.6. The second-order valence-corrected chi connectivity index (χ2v) is 16.2. The Hall–Kier alpha value is -1.32. The van der Waals surface area contributed by atoms with Crippen molar-refractivity contribution in [2.75, 3.05) is 33.0 Å². The van der Waals surface area contributed by atoms with Crippen molar-refractivity contribution >= 4 is 13.8 Å².